The highest BCUT2D eigenvalue weighted by Crippen LogP contribution is 2.35. The lowest BCUT2D eigenvalue weighted by Crippen LogP contribution is -2.07. The molecule has 0 saturated carbocycles. The Bertz CT molecular complexity index is 967. The van der Waals surface area contributed by atoms with E-state index in [0.29, 0.717) is 13.2 Å². The Balaban J connectivity index is 1.72. The fraction of sp³-hybridized carbons (Fsp3) is 0.400. The molecule has 0 radical (unpaired) electrons. The molecule has 0 fully saturated rings. The van der Waals surface area contributed by atoms with Gasteiger partial charge in [-0.3, -0.25) is 0 Å². The molecule has 0 atom stereocenters. The number of hydrogen-bond donors (Lipinski definition) is 1. The monoisotopic (exact) mass is 461 g/mol. The van der Waals surface area contributed by atoms with E-state index in [0.717, 1.165) is 67.3 Å². The quantitative estimate of drug-likeness (QED) is 0.238. The van der Waals surface area contributed by atoms with Crippen molar-refractivity contribution in [2.24, 2.45) is 5.73 Å². The van der Waals surface area contributed by atoms with E-state index in [2.05, 4.69) is 68.4 Å². The van der Waals surface area contributed by atoms with Gasteiger partial charge in [0.2, 0.25) is 0 Å². The molecule has 182 valence electrons. The van der Waals surface area contributed by atoms with E-state index >= 15 is 0 Å². The number of hydrogen-bond acceptors (Lipinski definition) is 4. The zero-order valence-corrected chi connectivity index (χ0v) is 20.7. The molecule has 3 aromatic rings. The van der Waals surface area contributed by atoms with Crippen molar-refractivity contribution in [1.82, 2.24) is 0 Å². The van der Waals surface area contributed by atoms with Crippen LogP contribution in [0, 0.1) is 0 Å². The summed E-state index contributed by atoms with van der Waals surface area (Å²) in [4.78, 5) is 0. The Kier molecular flexibility index (Phi) is 10.8. The SMILES string of the molecule is CCCCCOc1ccc(-c2ccc(-c3ccc(OCCCC)cc3OCCCN)cc2)cc1. The first-order valence-electron chi connectivity index (χ1n) is 12.7. The summed E-state index contributed by atoms with van der Waals surface area (Å²) < 4.78 is 17.8. The van der Waals surface area contributed by atoms with Gasteiger partial charge in [0, 0.05) is 11.6 Å². The molecule has 3 aromatic carbocycles. The van der Waals surface area contributed by atoms with Crippen molar-refractivity contribution in [3.63, 3.8) is 0 Å². The summed E-state index contributed by atoms with van der Waals surface area (Å²) in [6.07, 6.45) is 6.48. The molecule has 0 saturated heterocycles. The van der Waals surface area contributed by atoms with Crippen molar-refractivity contribution in [3.05, 3.63) is 66.7 Å². The predicted molar refractivity (Wildman–Crippen MR) is 142 cm³/mol. The number of unbranched alkanes of at least 4 members (excludes halogenated alkanes) is 3. The van der Waals surface area contributed by atoms with E-state index in [-0.39, 0.29) is 0 Å². The Morgan fingerprint density at radius 1 is 0.559 bits per heavy atom. The second kappa shape index (κ2) is 14.3. The first-order chi connectivity index (χ1) is 16.7. The average Bonchev–Trinajstić information content (AvgIpc) is 2.88. The summed E-state index contributed by atoms with van der Waals surface area (Å²) in [5.41, 5.74) is 10.2. The number of rotatable bonds is 15. The summed E-state index contributed by atoms with van der Waals surface area (Å²) in [7, 11) is 0. The van der Waals surface area contributed by atoms with E-state index in [1.807, 2.05) is 12.1 Å². The first-order valence-corrected chi connectivity index (χ1v) is 12.7. The molecule has 0 spiro atoms. The minimum Gasteiger partial charge on any atom is -0.494 e. The topological polar surface area (TPSA) is 53.7 Å². The van der Waals surface area contributed by atoms with Gasteiger partial charge in [-0.15, -0.1) is 0 Å². The maximum absolute atomic E-state index is 6.08. The highest BCUT2D eigenvalue weighted by molar-refractivity contribution is 5.75. The Morgan fingerprint density at radius 2 is 1.12 bits per heavy atom. The summed E-state index contributed by atoms with van der Waals surface area (Å²) in [6, 6.07) is 23.0. The highest BCUT2D eigenvalue weighted by Gasteiger charge is 2.10. The molecule has 0 aromatic heterocycles. The lowest BCUT2D eigenvalue weighted by Gasteiger charge is -2.15. The number of benzene rings is 3. The van der Waals surface area contributed by atoms with Crippen molar-refractivity contribution in [2.75, 3.05) is 26.4 Å². The van der Waals surface area contributed by atoms with Crippen molar-refractivity contribution < 1.29 is 14.2 Å². The van der Waals surface area contributed by atoms with Crippen LogP contribution in [-0.4, -0.2) is 26.4 Å². The van der Waals surface area contributed by atoms with Crippen LogP contribution < -0.4 is 19.9 Å². The van der Waals surface area contributed by atoms with Crippen LogP contribution in [0.4, 0.5) is 0 Å². The van der Waals surface area contributed by atoms with Gasteiger partial charge in [0.25, 0.3) is 0 Å². The van der Waals surface area contributed by atoms with Gasteiger partial charge < -0.3 is 19.9 Å². The van der Waals surface area contributed by atoms with E-state index in [9.17, 15) is 0 Å². The second-order valence-electron chi connectivity index (χ2n) is 8.51. The lowest BCUT2D eigenvalue weighted by molar-refractivity contribution is 0.296. The predicted octanol–water partition coefficient (Wildman–Crippen LogP) is 7.50. The molecule has 3 rings (SSSR count). The fourth-order valence-electron chi connectivity index (χ4n) is 3.68. The molecular formula is C30H39NO3. The van der Waals surface area contributed by atoms with E-state index in [1.165, 1.54) is 24.0 Å². The zero-order chi connectivity index (χ0) is 24.0. The Hall–Kier alpha value is -2.98. The van der Waals surface area contributed by atoms with Gasteiger partial charge in [0.1, 0.15) is 17.2 Å². The van der Waals surface area contributed by atoms with Crippen LogP contribution in [0.3, 0.4) is 0 Å². The fourth-order valence-corrected chi connectivity index (χ4v) is 3.68. The van der Waals surface area contributed by atoms with Crippen molar-refractivity contribution >= 4 is 0 Å². The lowest BCUT2D eigenvalue weighted by atomic mass is 9.99. The highest BCUT2D eigenvalue weighted by atomic mass is 16.5. The van der Waals surface area contributed by atoms with Gasteiger partial charge in [0.05, 0.1) is 19.8 Å². The summed E-state index contributed by atoms with van der Waals surface area (Å²) in [5, 5.41) is 0. The molecular weight excluding hydrogens is 422 g/mol. The summed E-state index contributed by atoms with van der Waals surface area (Å²) in [5.74, 6) is 2.60. The van der Waals surface area contributed by atoms with Gasteiger partial charge in [-0.25, -0.2) is 0 Å². The average molecular weight is 462 g/mol. The van der Waals surface area contributed by atoms with E-state index in [4.69, 9.17) is 19.9 Å². The molecule has 0 aliphatic heterocycles. The largest absolute Gasteiger partial charge is 0.494 e. The minimum atomic E-state index is 0.590. The molecule has 0 heterocycles. The molecule has 4 heteroatoms. The molecule has 4 nitrogen and oxygen atoms in total. The van der Waals surface area contributed by atoms with Crippen LogP contribution in [0.15, 0.2) is 66.7 Å². The molecule has 0 aliphatic carbocycles. The maximum Gasteiger partial charge on any atom is 0.130 e. The van der Waals surface area contributed by atoms with Crippen LogP contribution in [0.25, 0.3) is 22.3 Å². The van der Waals surface area contributed by atoms with Crippen molar-refractivity contribution in [2.45, 2.75) is 52.4 Å². The molecule has 34 heavy (non-hydrogen) atoms. The minimum absolute atomic E-state index is 0.590. The van der Waals surface area contributed by atoms with Crippen molar-refractivity contribution in [1.29, 1.82) is 0 Å². The number of nitrogens with two attached hydrogens (primary N) is 1. The van der Waals surface area contributed by atoms with Crippen LogP contribution in [0.5, 0.6) is 17.2 Å². The molecule has 0 bridgehead atoms. The third-order valence-electron chi connectivity index (χ3n) is 5.73. The van der Waals surface area contributed by atoms with Crippen LogP contribution in [0.1, 0.15) is 52.4 Å². The van der Waals surface area contributed by atoms with Crippen molar-refractivity contribution in [3.8, 4) is 39.5 Å². The molecule has 0 unspecified atom stereocenters. The van der Waals surface area contributed by atoms with Crippen LogP contribution in [0.2, 0.25) is 0 Å². The van der Waals surface area contributed by atoms with E-state index < -0.39 is 0 Å². The smallest absolute Gasteiger partial charge is 0.130 e. The summed E-state index contributed by atoms with van der Waals surface area (Å²) in [6.45, 7) is 7.06. The molecule has 0 amide bonds. The number of ether oxygens (including phenoxy) is 3. The third-order valence-corrected chi connectivity index (χ3v) is 5.73. The van der Waals surface area contributed by atoms with Crippen LogP contribution >= 0.6 is 0 Å². The Morgan fingerprint density at radius 3 is 1.79 bits per heavy atom. The normalized spacial score (nSPS) is 10.8. The van der Waals surface area contributed by atoms with Gasteiger partial charge in [-0.05, 0) is 66.8 Å². The summed E-state index contributed by atoms with van der Waals surface area (Å²) >= 11 is 0. The standard InChI is InChI=1S/C30H39NO3/c1-3-5-7-21-32-27-15-13-25(14-16-27)24-9-11-26(12-10-24)29-18-17-28(33-20-6-4-2)23-30(29)34-22-8-19-31/h9-18,23H,3-8,19-22,31H2,1-2H3. The maximum atomic E-state index is 6.08. The second-order valence-corrected chi connectivity index (χ2v) is 8.51. The Labute approximate surface area is 205 Å². The first kappa shape index (κ1) is 25.6. The van der Waals surface area contributed by atoms with Gasteiger partial charge >= 0.3 is 0 Å². The van der Waals surface area contributed by atoms with Crippen LogP contribution in [-0.2, 0) is 0 Å². The van der Waals surface area contributed by atoms with Gasteiger partial charge in [0.15, 0.2) is 0 Å². The molecule has 2 N–H and O–H groups in total. The van der Waals surface area contributed by atoms with Gasteiger partial charge in [-0.1, -0.05) is 69.5 Å². The zero-order valence-electron chi connectivity index (χ0n) is 20.7. The van der Waals surface area contributed by atoms with E-state index in [1.54, 1.807) is 0 Å². The van der Waals surface area contributed by atoms with Gasteiger partial charge in [-0.2, -0.15) is 0 Å². The third kappa shape index (κ3) is 7.81. The molecule has 0 aliphatic rings.